The number of amides is 2. The predicted molar refractivity (Wildman–Crippen MR) is 105 cm³/mol. The molecular weight excluding hydrogens is 344 g/mol. The van der Waals surface area contributed by atoms with E-state index in [1.54, 1.807) is 32.4 Å². The molecule has 0 aromatic heterocycles. The van der Waals surface area contributed by atoms with Crippen molar-refractivity contribution >= 4 is 23.2 Å². The van der Waals surface area contributed by atoms with E-state index in [-0.39, 0.29) is 18.2 Å². The van der Waals surface area contributed by atoms with Gasteiger partial charge in [-0.1, -0.05) is 17.7 Å². The van der Waals surface area contributed by atoms with Gasteiger partial charge in [0.2, 0.25) is 5.91 Å². The van der Waals surface area contributed by atoms with Gasteiger partial charge in [0.05, 0.1) is 32.0 Å². The van der Waals surface area contributed by atoms with Crippen LogP contribution in [0.3, 0.4) is 0 Å². The number of ether oxygens (including phenoxy) is 2. The maximum Gasteiger partial charge on any atom is 0.256 e. The molecule has 1 heterocycles. The van der Waals surface area contributed by atoms with Crippen LogP contribution in [0, 0.1) is 20.8 Å². The average molecular weight is 368 g/mol. The third-order valence-electron chi connectivity index (χ3n) is 4.74. The molecule has 2 aromatic rings. The van der Waals surface area contributed by atoms with Gasteiger partial charge in [0.15, 0.2) is 0 Å². The molecule has 2 aromatic carbocycles. The van der Waals surface area contributed by atoms with Gasteiger partial charge in [0.1, 0.15) is 17.5 Å². The maximum atomic E-state index is 13.0. The number of hydrogen-bond acceptors (Lipinski definition) is 5. The van der Waals surface area contributed by atoms with Crippen LogP contribution in [0.2, 0.25) is 0 Å². The Morgan fingerprint density at radius 1 is 1.00 bits per heavy atom. The van der Waals surface area contributed by atoms with Crippen LogP contribution >= 0.6 is 0 Å². The summed E-state index contributed by atoms with van der Waals surface area (Å²) in [6.07, 6.45) is 0.0980. The molecule has 1 fully saturated rings. The smallest absolute Gasteiger partial charge is 0.256 e. The van der Waals surface area contributed by atoms with Gasteiger partial charge in [-0.3, -0.25) is 9.59 Å². The van der Waals surface area contributed by atoms with E-state index in [1.807, 2.05) is 32.9 Å². The molecule has 1 N–H and O–H groups in total. The maximum absolute atomic E-state index is 13.0. The molecule has 1 aliphatic rings. The molecule has 1 saturated heterocycles. The summed E-state index contributed by atoms with van der Waals surface area (Å²) >= 11 is 0. The topological polar surface area (TPSA) is 67.9 Å². The van der Waals surface area contributed by atoms with Crippen molar-refractivity contribution in [3.05, 3.63) is 47.0 Å². The predicted octanol–water partition coefficient (Wildman–Crippen LogP) is 3.37. The fourth-order valence-corrected chi connectivity index (χ4v) is 3.61. The first-order valence-electron chi connectivity index (χ1n) is 8.79. The number of nitrogens with zero attached hydrogens (tertiary/aromatic N) is 1. The summed E-state index contributed by atoms with van der Waals surface area (Å²) < 4.78 is 10.6. The van der Waals surface area contributed by atoms with Crippen LogP contribution in [0.4, 0.5) is 11.4 Å². The Kier molecular flexibility index (Phi) is 5.08. The highest BCUT2D eigenvalue weighted by Crippen LogP contribution is 2.34. The second kappa shape index (κ2) is 7.31. The molecule has 2 amide bonds. The minimum Gasteiger partial charge on any atom is -0.497 e. The normalized spacial score (nSPS) is 16.6. The molecule has 27 heavy (non-hydrogen) atoms. The summed E-state index contributed by atoms with van der Waals surface area (Å²) in [6, 6.07) is 8.61. The molecule has 0 radical (unpaired) electrons. The first kappa shape index (κ1) is 18.8. The summed E-state index contributed by atoms with van der Waals surface area (Å²) in [4.78, 5) is 27.0. The van der Waals surface area contributed by atoms with Crippen molar-refractivity contribution in [1.82, 2.24) is 0 Å². The minimum atomic E-state index is -0.639. The highest BCUT2D eigenvalue weighted by Gasteiger charge is 2.41. The van der Waals surface area contributed by atoms with Gasteiger partial charge in [-0.05, 0) is 44.0 Å². The third kappa shape index (κ3) is 3.47. The summed E-state index contributed by atoms with van der Waals surface area (Å²) in [6.45, 7) is 5.84. The summed E-state index contributed by atoms with van der Waals surface area (Å²) in [5, 5.41) is 3.15. The van der Waals surface area contributed by atoms with Crippen LogP contribution < -0.4 is 19.7 Å². The zero-order valence-corrected chi connectivity index (χ0v) is 16.3. The fourth-order valence-electron chi connectivity index (χ4n) is 3.61. The lowest BCUT2D eigenvalue weighted by Gasteiger charge is -2.21. The summed E-state index contributed by atoms with van der Waals surface area (Å²) in [5.41, 5.74) is 4.25. The van der Waals surface area contributed by atoms with E-state index in [9.17, 15) is 9.59 Å². The Morgan fingerprint density at radius 2 is 1.67 bits per heavy atom. The number of nitrogens with one attached hydrogen (secondary N) is 1. The lowest BCUT2D eigenvalue weighted by atomic mass is 10.0. The number of carbonyl (C=O) groups is 2. The number of hydrogen-bond donors (Lipinski definition) is 1. The van der Waals surface area contributed by atoms with Crippen LogP contribution in [-0.2, 0) is 9.59 Å². The molecule has 0 spiro atoms. The van der Waals surface area contributed by atoms with Crippen LogP contribution in [-0.4, -0.2) is 32.1 Å². The lowest BCUT2D eigenvalue weighted by molar-refractivity contribution is -0.121. The molecule has 6 nitrogen and oxygen atoms in total. The van der Waals surface area contributed by atoms with Crippen molar-refractivity contribution in [2.24, 2.45) is 0 Å². The molecule has 0 saturated carbocycles. The van der Waals surface area contributed by atoms with Crippen molar-refractivity contribution in [2.75, 3.05) is 24.4 Å². The molecule has 6 heteroatoms. The SMILES string of the molecule is COc1ccc(N[C@@H]2CC(=O)N(c3c(C)cc(C)cc3C)C2=O)c(OC)c1. The van der Waals surface area contributed by atoms with Crippen molar-refractivity contribution in [2.45, 2.75) is 33.2 Å². The number of anilines is 2. The van der Waals surface area contributed by atoms with Crippen LogP contribution in [0.25, 0.3) is 0 Å². The zero-order chi connectivity index (χ0) is 19.7. The number of carbonyl (C=O) groups excluding carboxylic acids is 2. The largest absolute Gasteiger partial charge is 0.497 e. The number of imide groups is 1. The highest BCUT2D eigenvalue weighted by atomic mass is 16.5. The van der Waals surface area contributed by atoms with Gasteiger partial charge in [0.25, 0.3) is 5.91 Å². The summed E-state index contributed by atoms with van der Waals surface area (Å²) in [7, 11) is 3.12. The number of aryl methyl sites for hydroxylation is 3. The Bertz CT molecular complexity index is 884. The molecule has 142 valence electrons. The van der Waals surface area contributed by atoms with E-state index in [0.29, 0.717) is 22.9 Å². The standard InChI is InChI=1S/C21H24N2O4/c1-12-8-13(2)20(14(3)9-12)23-19(24)11-17(21(23)25)22-16-7-6-15(26-4)10-18(16)27-5/h6-10,17,22H,11H2,1-5H3/t17-/m1/s1. The fraction of sp³-hybridized carbons (Fsp3) is 0.333. The van der Waals surface area contributed by atoms with Crippen molar-refractivity contribution < 1.29 is 19.1 Å². The lowest BCUT2D eigenvalue weighted by Crippen LogP contribution is -2.35. The minimum absolute atomic E-state index is 0.0980. The van der Waals surface area contributed by atoms with Crippen molar-refractivity contribution in [3.63, 3.8) is 0 Å². The van der Waals surface area contributed by atoms with E-state index in [1.165, 1.54) is 4.90 Å². The van der Waals surface area contributed by atoms with E-state index in [4.69, 9.17) is 9.47 Å². The molecule has 3 rings (SSSR count). The van der Waals surface area contributed by atoms with Gasteiger partial charge < -0.3 is 14.8 Å². The van der Waals surface area contributed by atoms with E-state index >= 15 is 0 Å². The Balaban J connectivity index is 1.89. The summed E-state index contributed by atoms with van der Waals surface area (Å²) in [5.74, 6) is 0.738. The monoisotopic (exact) mass is 368 g/mol. The van der Waals surface area contributed by atoms with Crippen LogP contribution in [0.1, 0.15) is 23.1 Å². The van der Waals surface area contributed by atoms with Crippen LogP contribution in [0.15, 0.2) is 30.3 Å². The Morgan fingerprint density at radius 3 is 2.26 bits per heavy atom. The quantitative estimate of drug-likeness (QED) is 0.820. The average Bonchev–Trinajstić information content (AvgIpc) is 2.89. The zero-order valence-electron chi connectivity index (χ0n) is 16.3. The second-order valence-electron chi connectivity index (χ2n) is 6.78. The van der Waals surface area contributed by atoms with Crippen molar-refractivity contribution in [3.8, 4) is 11.5 Å². The van der Waals surface area contributed by atoms with Gasteiger partial charge in [-0.15, -0.1) is 0 Å². The number of methoxy groups -OCH3 is 2. The van der Waals surface area contributed by atoms with Crippen LogP contribution in [0.5, 0.6) is 11.5 Å². The molecule has 1 atom stereocenters. The van der Waals surface area contributed by atoms with Gasteiger partial charge in [-0.25, -0.2) is 4.90 Å². The van der Waals surface area contributed by atoms with Crippen molar-refractivity contribution in [1.29, 1.82) is 0 Å². The van der Waals surface area contributed by atoms with E-state index < -0.39 is 6.04 Å². The molecule has 0 aliphatic carbocycles. The molecule has 1 aliphatic heterocycles. The Hall–Kier alpha value is -3.02. The van der Waals surface area contributed by atoms with Gasteiger partial charge in [0, 0.05) is 6.07 Å². The van der Waals surface area contributed by atoms with Gasteiger partial charge in [-0.2, -0.15) is 0 Å². The number of rotatable bonds is 5. The second-order valence-corrected chi connectivity index (χ2v) is 6.78. The first-order valence-corrected chi connectivity index (χ1v) is 8.79. The molecule has 0 bridgehead atoms. The third-order valence-corrected chi connectivity index (χ3v) is 4.74. The first-order chi connectivity index (χ1) is 12.8. The van der Waals surface area contributed by atoms with E-state index in [2.05, 4.69) is 5.32 Å². The number of benzene rings is 2. The molecule has 0 unspecified atom stereocenters. The molecular formula is C21H24N2O4. The van der Waals surface area contributed by atoms with E-state index in [0.717, 1.165) is 16.7 Å². The Labute approximate surface area is 159 Å². The highest BCUT2D eigenvalue weighted by molar-refractivity contribution is 6.23. The van der Waals surface area contributed by atoms with Gasteiger partial charge >= 0.3 is 0 Å².